The quantitative estimate of drug-likeness (QED) is 0.616. The van der Waals surface area contributed by atoms with Gasteiger partial charge in [-0.3, -0.25) is 4.79 Å². The van der Waals surface area contributed by atoms with E-state index in [-0.39, 0.29) is 5.91 Å². The van der Waals surface area contributed by atoms with Crippen molar-refractivity contribution in [2.24, 2.45) is 4.99 Å². The van der Waals surface area contributed by atoms with E-state index in [4.69, 9.17) is 0 Å². The fourth-order valence-corrected chi connectivity index (χ4v) is 4.25. The number of nitrogens with zero attached hydrogens (tertiary/aromatic N) is 2. The molecule has 2 aromatic carbocycles. The van der Waals surface area contributed by atoms with Crippen LogP contribution >= 0.6 is 43.6 Å². The maximum absolute atomic E-state index is 12.2. The Balaban J connectivity index is 1.83. The van der Waals surface area contributed by atoms with Crippen molar-refractivity contribution in [3.05, 3.63) is 61.9 Å². The summed E-state index contributed by atoms with van der Waals surface area (Å²) in [7, 11) is 3.98. The number of benzene rings is 2. The zero-order valence-electron chi connectivity index (χ0n) is 13.6. The molecule has 0 spiro atoms. The van der Waals surface area contributed by atoms with Crippen LogP contribution in [0.1, 0.15) is 5.56 Å². The molecule has 2 aromatic rings. The van der Waals surface area contributed by atoms with Crippen molar-refractivity contribution in [2.45, 2.75) is 0 Å². The molecule has 0 unspecified atom stereocenters. The molecule has 3 rings (SSSR count). The lowest BCUT2D eigenvalue weighted by atomic mass is 10.2. The molecule has 1 heterocycles. The minimum absolute atomic E-state index is 0.133. The molecular formula is C18H15Br2N3OS. The van der Waals surface area contributed by atoms with Crippen molar-refractivity contribution >= 4 is 72.1 Å². The molecule has 1 aliphatic rings. The number of anilines is 1. The number of hydrogen-bond donors (Lipinski definition) is 1. The van der Waals surface area contributed by atoms with Crippen LogP contribution in [0.4, 0.5) is 11.4 Å². The minimum atomic E-state index is -0.133. The molecule has 128 valence electrons. The Morgan fingerprint density at radius 2 is 1.96 bits per heavy atom. The van der Waals surface area contributed by atoms with Crippen LogP contribution in [0.2, 0.25) is 0 Å². The van der Waals surface area contributed by atoms with Gasteiger partial charge in [-0.2, -0.15) is 0 Å². The molecule has 1 N–H and O–H groups in total. The van der Waals surface area contributed by atoms with Gasteiger partial charge >= 0.3 is 0 Å². The molecule has 4 nitrogen and oxygen atoms in total. The molecule has 0 aliphatic carbocycles. The summed E-state index contributed by atoms with van der Waals surface area (Å²) in [6.45, 7) is 0. The smallest absolute Gasteiger partial charge is 0.264 e. The molecule has 1 amide bonds. The van der Waals surface area contributed by atoms with Gasteiger partial charge in [0.2, 0.25) is 0 Å². The Labute approximate surface area is 167 Å². The van der Waals surface area contributed by atoms with Crippen molar-refractivity contribution in [2.75, 3.05) is 19.0 Å². The lowest BCUT2D eigenvalue weighted by molar-refractivity contribution is -0.115. The van der Waals surface area contributed by atoms with E-state index in [2.05, 4.69) is 42.2 Å². The number of nitrogens with one attached hydrogen (secondary N) is 1. The van der Waals surface area contributed by atoms with E-state index in [1.807, 2.05) is 67.5 Å². The van der Waals surface area contributed by atoms with Crippen LogP contribution in [0.3, 0.4) is 0 Å². The first-order valence-electron chi connectivity index (χ1n) is 7.44. The SMILES string of the molecule is CN(C)c1ccc(C=C2SC(=Nc3cccc(Br)c3)NC2=O)cc1Br. The van der Waals surface area contributed by atoms with Gasteiger partial charge in [-0.15, -0.1) is 0 Å². The molecule has 1 saturated heterocycles. The zero-order valence-corrected chi connectivity index (χ0v) is 17.6. The lowest BCUT2D eigenvalue weighted by Crippen LogP contribution is -2.19. The molecule has 7 heteroatoms. The molecule has 0 bridgehead atoms. The molecular weight excluding hydrogens is 466 g/mol. The third-order valence-electron chi connectivity index (χ3n) is 3.44. The normalized spacial score (nSPS) is 17.2. The average molecular weight is 481 g/mol. The Bertz CT molecular complexity index is 894. The van der Waals surface area contributed by atoms with E-state index < -0.39 is 0 Å². The van der Waals surface area contributed by atoms with Crippen molar-refractivity contribution in [1.82, 2.24) is 5.32 Å². The van der Waals surface area contributed by atoms with E-state index in [1.54, 1.807) is 0 Å². The van der Waals surface area contributed by atoms with Crippen LogP contribution in [-0.2, 0) is 4.79 Å². The topological polar surface area (TPSA) is 44.7 Å². The number of rotatable bonds is 3. The summed E-state index contributed by atoms with van der Waals surface area (Å²) in [4.78, 5) is 19.3. The maximum Gasteiger partial charge on any atom is 0.264 e. The standard InChI is InChI=1S/C18H15Br2N3OS/c1-23(2)15-7-6-11(8-14(15)20)9-16-17(24)22-18(25-16)21-13-5-3-4-12(19)10-13/h3-10H,1-2H3,(H,21,22,24). The molecule has 1 fully saturated rings. The fourth-order valence-electron chi connectivity index (χ4n) is 2.27. The third-order valence-corrected chi connectivity index (χ3v) is 5.48. The van der Waals surface area contributed by atoms with Gasteiger partial charge in [0.05, 0.1) is 16.3 Å². The molecule has 25 heavy (non-hydrogen) atoms. The third kappa shape index (κ3) is 4.54. The van der Waals surface area contributed by atoms with E-state index in [1.165, 1.54) is 11.8 Å². The number of aliphatic imine (C=N–C) groups is 1. The van der Waals surface area contributed by atoms with Crippen LogP contribution in [0.15, 0.2) is 61.3 Å². The zero-order chi connectivity index (χ0) is 18.0. The summed E-state index contributed by atoms with van der Waals surface area (Å²) in [5, 5.41) is 3.39. The van der Waals surface area contributed by atoms with Gasteiger partial charge in [0, 0.05) is 23.0 Å². The number of amides is 1. The maximum atomic E-state index is 12.2. The Hall–Kier alpha value is -1.57. The number of amidine groups is 1. The Morgan fingerprint density at radius 1 is 1.16 bits per heavy atom. The van der Waals surface area contributed by atoms with Gasteiger partial charge in [-0.25, -0.2) is 4.99 Å². The number of thioether (sulfide) groups is 1. The monoisotopic (exact) mass is 479 g/mol. The van der Waals surface area contributed by atoms with Gasteiger partial charge in [-0.1, -0.05) is 28.1 Å². The number of carbonyl (C=O) groups is 1. The first kappa shape index (κ1) is 18.2. The van der Waals surface area contributed by atoms with Crippen LogP contribution in [0.25, 0.3) is 6.08 Å². The minimum Gasteiger partial charge on any atom is -0.377 e. The van der Waals surface area contributed by atoms with Gasteiger partial charge in [-0.05, 0) is 69.7 Å². The summed E-state index contributed by atoms with van der Waals surface area (Å²) >= 11 is 8.33. The summed E-state index contributed by atoms with van der Waals surface area (Å²) in [5.74, 6) is -0.133. The molecule has 0 atom stereocenters. The lowest BCUT2D eigenvalue weighted by Gasteiger charge is -2.14. The number of halogens is 2. The van der Waals surface area contributed by atoms with E-state index in [0.717, 1.165) is 25.9 Å². The summed E-state index contributed by atoms with van der Waals surface area (Å²) in [6, 6.07) is 13.6. The predicted octanol–water partition coefficient (Wildman–Crippen LogP) is 5.17. The highest BCUT2D eigenvalue weighted by Gasteiger charge is 2.23. The first-order chi connectivity index (χ1) is 11.9. The fraction of sp³-hybridized carbons (Fsp3) is 0.111. The average Bonchev–Trinajstić information content (AvgIpc) is 2.86. The summed E-state index contributed by atoms with van der Waals surface area (Å²) < 4.78 is 1.93. The highest BCUT2D eigenvalue weighted by atomic mass is 79.9. The van der Waals surface area contributed by atoms with Gasteiger partial charge < -0.3 is 10.2 Å². The van der Waals surface area contributed by atoms with E-state index in [9.17, 15) is 4.79 Å². The summed E-state index contributed by atoms with van der Waals surface area (Å²) in [6.07, 6.45) is 1.87. The second-order valence-corrected chi connectivity index (χ2v) is 8.37. The second-order valence-electron chi connectivity index (χ2n) is 5.57. The number of hydrogen-bond acceptors (Lipinski definition) is 4. The van der Waals surface area contributed by atoms with Crippen LogP contribution < -0.4 is 10.2 Å². The van der Waals surface area contributed by atoms with Crippen molar-refractivity contribution in [3.63, 3.8) is 0 Å². The first-order valence-corrected chi connectivity index (χ1v) is 9.84. The highest BCUT2D eigenvalue weighted by Crippen LogP contribution is 2.31. The van der Waals surface area contributed by atoms with Crippen LogP contribution in [-0.4, -0.2) is 25.2 Å². The second kappa shape index (κ2) is 7.76. The van der Waals surface area contributed by atoms with Gasteiger partial charge in [0.15, 0.2) is 5.17 Å². The van der Waals surface area contributed by atoms with Gasteiger partial charge in [0.1, 0.15) is 0 Å². The summed E-state index contributed by atoms with van der Waals surface area (Å²) in [5.41, 5.74) is 2.83. The van der Waals surface area contributed by atoms with Crippen LogP contribution in [0.5, 0.6) is 0 Å². The van der Waals surface area contributed by atoms with Gasteiger partial charge in [0.25, 0.3) is 5.91 Å². The molecule has 0 aromatic heterocycles. The van der Waals surface area contributed by atoms with Crippen LogP contribution in [0, 0.1) is 0 Å². The van der Waals surface area contributed by atoms with E-state index >= 15 is 0 Å². The van der Waals surface area contributed by atoms with Crippen molar-refractivity contribution in [1.29, 1.82) is 0 Å². The molecule has 1 aliphatic heterocycles. The largest absolute Gasteiger partial charge is 0.377 e. The molecule has 0 saturated carbocycles. The Morgan fingerprint density at radius 3 is 2.64 bits per heavy atom. The Kier molecular flexibility index (Phi) is 5.66. The van der Waals surface area contributed by atoms with Crippen molar-refractivity contribution < 1.29 is 4.79 Å². The molecule has 0 radical (unpaired) electrons. The highest BCUT2D eigenvalue weighted by molar-refractivity contribution is 9.10. The van der Waals surface area contributed by atoms with Crippen molar-refractivity contribution in [3.8, 4) is 0 Å². The number of carbonyl (C=O) groups excluding carboxylic acids is 1. The van der Waals surface area contributed by atoms with E-state index in [0.29, 0.717) is 10.1 Å². The predicted molar refractivity (Wildman–Crippen MR) is 113 cm³/mol.